The Bertz CT molecular complexity index is 396. The van der Waals surface area contributed by atoms with Crippen LogP contribution in [0, 0.1) is 12.8 Å². The number of ketones is 1. The molecule has 0 heterocycles. The Morgan fingerprint density at radius 2 is 1.75 bits per heavy atom. The third-order valence-electron chi connectivity index (χ3n) is 4.17. The summed E-state index contributed by atoms with van der Waals surface area (Å²) in [6, 6.07) is 0.180. The van der Waals surface area contributed by atoms with Crippen LogP contribution in [0.1, 0.15) is 51.9 Å². The minimum Gasteiger partial charge on any atom is -0.379 e. The predicted molar refractivity (Wildman–Crippen MR) is 87.6 cm³/mol. The van der Waals surface area contributed by atoms with Crippen LogP contribution >= 0.6 is 0 Å². The fourth-order valence-corrected chi connectivity index (χ4v) is 2.77. The van der Waals surface area contributed by atoms with Crippen molar-refractivity contribution in [2.45, 2.75) is 57.9 Å². The second-order valence-electron chi connectivity index (χ2n) is 5.90. The van der Waals surface area contributed by atoms with Gasteiger partial charge in [0.05, 0.1) is 13.2 Å². The molecule has 1 aliphatic carbocycles. The van der Waals surface area contributed by atoms with Crippen LogP contribution in [0.4, 0.5) is 0 Å². The molecular formula is C17H29N2O4Y-. The number of carbonyl (C=O) groups is 3. The molecule has 1 radical (unpaired) electrons. The van der Waals surface area contributed by atoms with Crippen molar-refractivity contribution in [3.63, 3.8) is 0 Å². The summed E-state index contributed by atoms with van der Waals surface area (Å²) in [5.41, 5.74) is 0. The van der Waals surface area contributed by atoms with Gasteiger partial charge < -0.3 is 22.3 Å². The minimum atomic E-state index is -0.108. The summed E-state index contributed by atoms with van der Waals surface area (Å²) in [5.74, 6) is 0.403. The first-order chi connectivity index (χ1) is 11.1. The first-order valence-corrected chi connectivity index (χ1v) is 8.52. The molecule has 0 aromatic carbocycles. The van der Waals surface area contributed by atoms with E-state index in [2.05, 4.69) is 17.6 Å². The van der Waals surface area contributed by atoms with Crippen molar-refractivity contribution in [3.8, 4) is 0 Å². The number of nitrogens with one attached hydrogen (secondary N) is 2. The number of hydrogen-bond donors (Lipinski definition) is 2. The second-order valence-corrected chi connectivity index (χ2v) is 5.90. The number of Topliss-reactive ketones (excluding diaryl/α,β-unsaturated/α-hetero) is 1. The zero-order valence-electron chi connectivity index (χ0n) is 14.6. The maximum Gasteiger partial charge on any atom is 0.222 e. The number of amides is 2. The Morgan fingerprint density at radius 1 is 1.08 bits per heavy atom. The zero-order valence-corrected chi connectivity index (χ0v) is 17.5. The molecule has 1 aliphatic rings. The first-order valence-electron chi connectivity index (χ1n) is 8.52. The van der Waals surface area contributed by atoms with Crippen molar-refractivity contribution < 1.29 is 51.8 Å². The monoisotopic (exact) mass is 414 g/mol. The van der Waals surface area contributed by atoms with E-state index >= 15 is 0 Å². The maximum atomic E-state index is 11.8. The van der Waals surface area contributed by atoms with E-state index in [0.717, 1.165) is 25.7 Å². The quantitative estimate of drug-likeness (QED) is 0.418. The van der Waals surface area contributed by atoms with Crippen LogP contribution in [-0.4, -0.2) is 43.4 Å². The molecule has 0 spiro atoms. The molecule has 0 aliphatic heterocycles. The third-order valence-corrected chi connectivity index (χ3v) is 4.17. The van der Waals surface area contributed by atoms with Crippen LogP contribution in [0.25, 0.3) is 0 Å². The summed E-state index contributed by atoms with van der Waals surface area (Å²) >= 11 is 0. The molecule has 0 unspecified atom stereocenters. The van der Waals surface area contributed by atoms with Gasteiger partial charge in [0.25, 0.3) is 0 Å². The standard InChI is InChI=1S/C17H29N2O4.Y/c1-3-15(20)13-5-7-14(8-6-13)19-17(22)9-11-23-12-10-18-16(21)4-2;/h13-14H,2-12H2,1H3,(H,18,21)(H,19,22);/q-1;. The van der Waals surface area contributed by atoms with E-state index < -0.39 is 0 Å². The summed E-state index contributed by atoms with van der Waals surface area (Å²) in [4.78, 5) is 34.4. The molecule has 1 fully saturated rings. The zero-order chi connectivity index (χ0) is 17.1. The molecule has 2 N–H and O–H groups in total. The average Bonchev–Trinajstić information content (AvgIpc) is 2.57. The van der Waals surface area contributed by atoms with E-state index in [9.17, 15) is 14.4 Å². The number of hydrogen-bond acceptors (Lipinski definition) is 4. The van der Waals surface area contributed by atoms with Crippen LogP contribution in [-0.2, 0) is 51.8 Å². The van der Waals surface area contributed by atoms with Gasteiger partial charge in [0.2, 0.25) is 5.91 Å². The van der Waals surface area contributed by atoms with Crippen molar-refractivity contribution in [1.82, 2.24) is 10.6 Å². The molecule has 0 atom stereocenters. The second kappa shape index (κ2) is 13.9. The Labute approximate surface area is 170 Å². The average molecular weight is 414 g/mol. The maximum absolute atomic E-state index is 11.8. The smallest absolute Gasteiger partial charge is 0.222 e. The van der Waals surface area contributed by atoms with Gasteiger partial charge in [-0.25, -0.2) is 0 Å². The topological polar surface area (TPSA) is 84.5 Å². The molecule has 24 heavy (non-hydrogen) atoms. The van der Waals surface area contributed by atoms with Gasteiger partial charge >= 0.3 is 0 Å². The minimum absolute atomic E-state index is 0. The molecule has 1 rings (SSSR count). The van der Waals surface area contributed by atoms with Crippen molar-refractivity contribution in [1.29, 1.82) is 0 Å². The summed E-state index contributed by atoms with van der Waals surface area (Å²) in [6.45, 7) is 6.55. The SMILES string of the molecule is [CH2-]CC(=O)NCCOCCC(=O)NC1CCC(C(=O)CC)CC1.[Y]. The van der Waals surface area contributed by atoms with Crippen LogP contribution in [0.15, 0.2) is 0 Å². The van der Waals surface area contributed by atoms with Gasteiger partial charge in [0.1, 0.15) is 5.78 Å². The van der Waals surface area contributed by atoms with Crippen LogP contribution in [0.5, 0.6) is 0 Å². The van der Waals surface area contributed by atoms with Crippen LogP contribution in [0.3, 0.4) is 0 Å². The Balaban J connectivity index is 0.00000529. The van der Waals surface area contributed by atoms with E-state index in [1.807, 2.05) is 6.92 Å². The summed E-state index contributed by atoms with van der Waals surface area (Å²) in [5, 5.41) is 5.66. The fraction of sp³-hybridized carbons (Fsp3) is 0.765. The molecule has 0 aromatic rings. The predicted octanol–water partition coefficient (Wildman–Crippen LogP) is 1.39. The largest absolute Gasteiger partial charge is 0.379 e. The Kier molecular flexibility index (Phi) is 13.7. The van der Waals surface area contributed by atoms with E-state index in [1.165, 1.54) is 0 Å². The van der Waals surface area contributed by atoms with Crippen molar-refractivity contribution in [2.75, 3.05) is 19.8 Å². The summed E-state index contributed by atoms with van der Waals surface area (Å²) in [6.07, 6.45) is 4.64. The molecule has 135 valence electrons. The molecule has 0 aromatic heterocycles. The Morgan fingerprint density at radius 3 is 2.33 bits per heavy atom. The first kappa shape index (κ1) is 23.7. The van der Waals surface area contributed by atoms with Gasteiger partial charge in [-0.1, -0.05) is 6.92 Å². The number of carbonyl (C=O) groups excluding carboxylic acids is 3. The summed E-state index contributed by atoms with van der Waals surface area (Å²) in [7, 11) is 0. The normalized spacial score (nSPS) is 19.9. The van der Waals surface area contributed by atoms with Gasteiger partial charge in [0.15, 0.2) is 5.91 Å². The molecule has 0 saturated heterocycles. The molecule has 6 nitrogen and oxygen atoms in total. The van der Waals surface area contributed by atoms with Crippen molar-refractivity contribution >= 4 is 17.6 Å². The van der Waals surface area contributed by atoms with E-state index in [0.29, 0.717) is 38.4 Å². The van der Waals surface area contributed by atoms with Gasteiger partial charge in [-0.3, -0.25) is 14.4 Å². The van der Waals surface area contributed by atoms with Gasteiger partial charge in [-0.15, -0.1) is 6.42 Å². The fourth-order valence-electron chi connectivity index (χ4n) is 2.77. The Hall–Kier alpha value is -0.326. The van der Waals surface area contributed by atoms with Gasteiger partial charge in [0, 0.05) is 64.1 Å². The van der Waals surface area contributed by atoms with Gasteiger partial charge in [-0.05, 0) is 25.7 Å². The van der Waals surface area contributed by atoms with E-state index in [-0.39, 0.29) is 62.9 Å². The van der Waals surface area contributed by atoms with Gasteiger partial charge in [-0.2, -0.15) is 0 Å². The van der Waals surface area contributed by atoms with Crippen molar-refractivity contribution in [2.24, 2.45) is 5.92 Å². The number of ether oxygens (including phenoxy) is 1. The van der Waals surface area contributed by atoms with Crippen LogP contribution < -0.4 is 10.6 Å². The molecule has 0 bridgehead atoms. The molecule has 2 amide bonds. The van der Waals surface area contributed by atoms with Crippen LogP contribution in [0.2, 0.25) is 0 Å². The van der Waals surface area contributed by atoms with Crippen molar-refractivity contribution in [3.05, 3.63) is 6.92 Å². The molecule has 7 heteroatoms. The third kappa shape index (κ3) is 9.85. The summed E-state index contributed by atoms with van der Waals surface area (Å²) < 4.78 is 5.31. The van der Waals surface area contributed by atoms with E-state index in [4.69, 9.17) is 4.74 Å². The number of rotatable bonds is 10. The molecule has 1 saturated carbocycles. The van der Waals surface area contributed by atoms with E-state index in [1.54, 1.807) is 0 Å². The molecular weight excluding hydrogens is 385 g/mol.